The standard InChI is InChI=1S/C29H38N4O3/c1-7-23(29(35)32-36)19-31-28(20(2)3)33(15-13-30-6)14-12-27(34)25-10-8-24(9-11-25)26-17-21(4)16-22(5)18-26/h7-11,16-19,30,36H,12-15H2,1-6H3,(H,32,35)/b23-7+,31-19-. The summed E-state index contributed by atoms with van der Waals surface area (Å²) in [5.74, 6) is 0.117. The van der Waals surface area contributed by atoms with Crippen LogP contribution in [0.1, 0.15) is 48.7 Å². The average molecular weight is 491 g/mol. The molecule has 0 saturated heterocycles. The van der Waals surface area contributed by atoms with Crippen LogP contribution in [0.5, 0.6) is 0 Å². The molecule has 0 aliphatic carbocycles. The van der Waals surface area contributed by atoms with Gasteiger partial charge in [-0.2, -0.15) is 0 Å². The second kappa shape index (κ2) is 14.1. The second-order valence-electron chi connectivity index (χ2n) is 8.98. The highest BCUT2D eigenvalue weighted by Gasteiger charge is 2.15. The average Bonchev–Trinajstić information content (AvgIpc) is 2.86. The Hall–Kier alpha value is -3.55. The Kier molecular flexibility index (Phi) is 11.2. The lowest BCUT2D eigenvalue weighted by Gasteiger charge is -2.26. The van der Waals surface area contributed by atoms with Gasteiger partial charge < -0.3 is 10.2 Å². The molecule has 7 heteroatoms. The van der Waals surface area contributed by atoms with Crippen molar-refractivity contribution in [2.75, 3.05) is 26.7 Å². The lowest BCUT2D eigenvalue weighted by molar-refractivity contribution is -0.124. The van der Waals surface area contributed by atoms with Gasteiger partial charge in [-0.25, -0.2) is 10.5 Å². The first kappa shape index (κ1) is 28.7. The van der Waals surface area contributed by atoms with Gasteiger partial charge in [0.25, 0.3) is 5.91 Å². The van der Waals surface area contributed by atoms with E-state index in [1.54, 1.807) is 18.5 Å². The number of rotatable bonds is 12. The first-order valence-electron chi connectivity index (χ1n) is 12.1. The minimum absolute atomic E-state index is 0.0577. The van der Waals surface area contributed by atoms with Crippen molar-refractivity contribution in [2.45, 2.75) is 41.0 Å². The third kappa shape index (κ3) is 8.29. The minimum Gasteiger partial charge on any atom is -0.355 e. The highest BCUT2D eigenvalue weighted by molar-refractivity contribution is 6.11. The Morgan fingerprint density at radius 1 is 1.00 bits per heavy atom. The Morgan fingerprint density at radius 3 is 2.17 bits per heavy atom. The van der Waals surface area contributed by atoms with Crippen molar-refractivity contribution < 1.29 is 14.8 Å². The monoisotopic (exact) mass is 490 g/mol. The summed E-state index contributed by atoms with van der Waals surface area (Å²) in [6.45, 7) is 11.6. The maximum absolute atomic E-state index is 13.0. The summed E-state index contributed by atoms with van der Waals surface area (Å²) in [4.78, 5) is 31.4. The summed E-state index contributed by atoms with van der Waals surface area (Å²) < 4.78 is 0. The lowest BCUT2D eigenvalue weighted by Crippen LogP contribution is -2.32. The highest BCUT2D eigenvalue weighted by atomic mass is 16.5. The summed E-state index contributed by atoms with van der Waals surface area (Å²) in [5.41, 5.74) is 8.15. The molecule has 2 rings (SSSR count). The van der Waals surface area contributed by atoms with Crippen molar-refractivity contribution in [3.8, 4) is 11.1 Å². The van der Waals surface area contributed by atoms with Crippen molar-refractivity contribution in [1.82, 2.24) is 15.7 Å². The van der Waals surface area contributed by atoms with Gasteiger partial charge in [0.1, 0.15) is 5.82 Å². The molecule has 0 spiro atoms. The molecule has 7 nitrogen and oxygen atoms in total. The number of nitrogens with one attached hydrogen (secondary N) is 2. The SMILES string of the molecule is C/C=C(\C=N/C(=C(C)C)N(CCNC)CCC(=O)c1ccc(-c2cc(C)cc(C)c2)cc1)C(=O)NO. The summed E-state index contributed by atoms with van der Waals surface area (Å²) >= 11 is 0. The molecular weight excluding hydrogens is 452 g/mol. The fraction of sp³-hybridized carbons (Fsp3) is 0.345. The van der Waals surface area contributed by atoms with Crippen LogP contribution in [0, 0.1) is 13.8 Å². The van der Waals surface area contributed by atoms with Crippen LogP contribution >= 0.6 is 0 Å². The van der Waals surface area contributed by atoms with E-state index in [0.29, 0.717) is 37.4 Å². The first-order valence-corrected chi connectivity index (χ1v) is 12.1. The predicted molar refractivity (Wildman–Crippen MR) is 146 cm³/mol. The second-order valence-corrected chi connectivity index (χ2v) is 8.98. The maximum atomic E-state index is 13.0. The van der Waals surface area contributed by atoms with Crippen LogP contribution in [0.25, 0.3) is 11.1 Å². The van der Waals surface area contributed by atoms with Gasteiger partial charge in [0, 0.05) is 37.8 Å². The van der Waals surface area contributed by atoms with Crippen molar-refractivity contribution in [2.24, 2.45) is 4.99 Å². The van der Waals surface area contributed by atoms with E-state index in [1.807, 2.05) is 50.1 Å². The summed E-state index contributed by atoms with van der Waals surface area (Å²) in [6.07, 6.45) is 3.32. The normalized spacial score (nSPS) is 11.5. The van der Waals surface area contributed by atoms with Crippen LogP contribution in [-0.2, 0) is 4.79 Å². The molecule has 2 aromatic rings. The van der Waals surface area contributed by atoms with Gasteiger partial charge in [0.15, 0.2) is 5.78 Å². The third-order valence-electron chi connectivity index (χ3n) is 5.75. The van der Waals surface area contributed by atoms with Crippen LogP contribution in [0.15, 0.2) is 70.5 Å². The molecule has 36 heavy (non-hydrogen) atoms. The number of carbonyl (C=O) groups excluding carboxylic acids is 2. The van der Waals surface area contributed by atoms with Crippen molar-refractivity contribution in [1.29, 1.82) is 0 Å². The number of allylic oxidation sites excluding steroid dienone is 2. The third-order valence-corrected chi connectivity index (χ3v) is 5.75. The number of ketones is 1. The molecule has 1 amide bonds. The van der Waals surface area contributed by atoms with Gasteiger partial charge in [-0.05, 0) is 58.4 Å². The van der Waals surface area contributed by atoms with Crippen molar-refractivity contribution in [3.63, 3.8) is 0 Å². The summed E-state index contributed by atoms with van der Waals surface area (Å²) in [6, 6.07) is 14.2. The number of carbonyl (C=O) groups is 2. The molecule has 0 bridgehead atoms. The lowest BCUT2D eigenvalue weighted by atomic mass is 9.98. The molecule has 0 unspecified atom stereocenters. The zero-order chi connectivity index (χ0) is 26.7. The van der Waals surface area contributed by atoms with Crippen molar-refractivity contribution >= 4 is 17.9 Å². The van der Waals surface area contributed by atoms with Gasteiger partial charge in [0.05, 0.1) is 5.57 Å². The van der Waals surface area contributed by atoms with Gasteiger partial charge >= 0.3 is 0 Å². The summed E-state index contributed by atoms with van der Waals surface area (Å²) in [5, 5.41) is 12.1. The number of Topliss-reactive ketones (excluding diaryl/α,β-unsaturated/α-hetero) is 1. The fourth-order valence-corrected chi connectivity index (χ4v) is 3.93. The van der Waals surface area contributed by atoms with Crippen LogP contribution in [0.3, 0.4) is 0 Å². The number of aryl methyl sites for hydroxylation is 2. The van der Waals surface area contributed by atoms with E-state index in [0.717, 1.165) is 16.7 Å². The Balaban J connectivity index is 2.17. The van der Waals surface area contributed by atoms with Crippen LogP contribution < -0.4 is 10.8 Å². The number of amides is 1. The molecule has 3 N–H and O–H groups in total. The Labute approximate surface area is 214 Å². The number of hydrogen-bond acceptors (Lipinski definition) is 6. The predicted octanol–water partition coefficient (Wildman–Crippen LogP) is 4.84. The van der Waals surface area contributed by atoms with E-state index in [1.165, 1.54) is 17.3 Å². The van der Waals surface area contributed by atoms with E-state index in [-0.39, 0.29) is 11.4 Å². The van der Waals surface area contributed by atoms with Gasteiger partial charge in [0.2, 0.25) is 0 Å². The molecule has 0 aliphatic heterocycles. The molecule has 0 atom stereocenters. The van der Waals surface area contributed by atoms with E-state index in [2.05, 4.69) is 42.4 Å². The van der Waals surface area contributed by atoms with Crippen LogP contribution in [0.4, 0.5) is 0 Å². The molecule has 0 heterocycles. The minimum atomic E-state index is -0.629. The molecule has 192 valence electrons. The van der Waals surface area contributed by atoms with Gasteiger partial charge in [-0.15, -0.1) is 0 Å². The van der Waals surface area contributed by atoms with E-state index in [4.69, 9.17) is 5.21 Å². The number of benzene rings is 2. The number of likely N-dealkylation sites (N-methyl/N-ethyl adjacent to an activating group) is 1. The van der Waals surface area contributed by atoms with Gasteiger partial charge in [-0.1, -0.05) is 59.7 Å². The molecule has 0 fully saturated rings. The van der Waals surface area contributed by atoms with Crippen LogP contribution in [0.2, 0.25) is 0 Å². The van der Waals surface area contributed by atoms with Crippen LogP contribution in [-0.4, -0.2) is 54.7 Å². The van der Waals surface area contributed by atoms with E-state index in [9.17, 15) is 9.59 Å². The topological polar surface area (TPSA) is 94.0 Å². The smallest absolute Gasteiger partial charge is 0.275 e. The highest BCUT2D eigenvalue weighted by Crippen LogP contribution is 2.23. The fourth-order valence-electron chi connectivity index (χ4n) is 3.93. The number of hydrogen-bond donors (Lipinski definition) is 3. The van der Waals surface area contributed by atoms with E-state index >= 15 is 0 Å². The van der Waals surface area contributed by atoms with Gasteiger partial charge in [-0.3, -0.25) is 14.8 Å². The molecule has 0 radical (unpaired) electrons. The zero-order valence-corrected chi connectivity index (χ0v) is 22.2. The number of aliphatic imine (C=N–C) groups is 1. The first-order chi connectivity index (χ1) is 17.2. The molecule has 0 saturated carbocycles. The Bertz CT molecular complexity index is 1120. The Morgan fingerprint density at radius 2 is 1.64 bits per heavy atom. The maximum Gasteiger partial charge on any atom is 0.275 e. The quantitative estimate of drug-likeness (QED) is 0.130. The summed E-state index contributed by atoms with van der Waals surface area (Å²) in [7, 11) is 1.87. The zero-order valence-electron chi connectivity index (χ0n) is 22.2. The molecular formula is C29H38N4O3. The number of nitrogens with zero attached hydrogens (tertiary/aromatic N) is 2. The molecule has 2 aromatic carbocycles. The van der Waals surface area contributed by atoms with E-state index < -0.39 is 5.91 Å². The number of hydroxylamine groups is 1. The largest absolute Gasteiger partial charge is 0.355 e. The molecule has 0 aromatic heterocycles. The molecule has 0 aliphatic rings. The van der Waals surface area contributed by atoms with Crippen molar-refractivity contribution in [3.05, 3.63) is 82.2 Å².